The van der Waals surface area contributed by atoms with E-state index >= 15 is 0 Å². The number of nitro benzene ring substituents is 1. The Morgan fingerprint density at radius 2 is 1.89 bits per heavy atom. The highest BCUT2D eigenvalue weighted by Gasteiger charge is 2.18. The molecule has 0 aromatic heterocycles. The van der Waals surface area contributed by atoms with E-state index in [1.54, 1.807) is 0 Å². The summed E-state index contributed by atoms with van der Waals surface area (Å²) in [6, 6.07) is 5.62. The lowest BCUT2D eigenvalue weighted by atomic mass is 10.3. The lowest BCUT2D eigenvalue weighted by Crippen LogP contribution is -2.34. The van der Waals surface area contributed by atoms with Gasteiger partial charge in [-0.25, -0.2) is 4.79 Å². The van der Waals surface area contributed by atoms with E-state index in [2.05, 4.69) is 5.32 Å². The van der Waals surface area contributed by atoms with Gasteiger partial charge in [0.15, 0.2) is 0 Å². The molecule has 1 aliphatic rings. The first-order valence-corrected chi connectivity index (χ1v) is 5.88. The minimum Gasteiger partial charge on any atom is -0.410 e. The molecule has 0 bridgehead atoms. The van der Waals surface area contributed by atoms with Crippen molar-refractivity contribution in [2.24, 2.45) is 0 Å². The normalized spacial score (nSPS) is 15.3. The highest BCUT2D eigenvalue weighted by molar-refractivity contribution is 5.70. The molecule has 1 aliphatic carbocycles. The molecule has 0 saturated heterocycles. The first kappa shape index (κ1) is 12.3. The number of carbonyl (C=O) groups is 1. The Hall–Kier alpha value is -2.11. The lowest BCUT2D eigenvalue weighted by Gasteiger charge is -2.11. The van der Waals surface area contributed by atoms with Crippen molar-refractivity contribution < 1.29 is 14.5 Å². The van der Waals surface area contributed by atoms with Gasteiger partial charge < -0.3 is 10.1 Å². The standard InChI is InChI=1S/C12H14N2O4/c15-12(13-9-3-1-2-4-9)18-11-7-5-10(6-8-11)14(16)17/h5-9H,1-4H2,(H,13,15). The maximum Gasteiger partial charge on any atom is 0.412 e. The Labute approximate surface area is 104 Å². The van der Waals surface area contributed by atoms with Crippen molar-refractivity contribution in [3.8, 4) is 5.75 Å². The molecule has 2 rings (SSSR count). The zero-order valence-electron chi connectivity index (χ0n) is 9.80. The van der Waals surface area contributed by atoms with Gasteiger partial charge in [0.2, 0.25) is 0 Å². The number of carbonyl (C=O) groups excluding carboxylic acids is 1. The average molecular weight is 250 g/mol. The second kappa shape index (κ2) is 5.48. The molecule has 1 fully saturated rings. The topological polar surface area (TPSA) is 81.5 Å². The summed E-state index contributed by atoms with van der Waals surface area (Å²) in [7, 11) is 0. The number of hydrogen-bond acceptors (Lipinski definition) is 4. The van der Waals surface area contributed by atoms with Crippen molar-refractivity contribution in [1.82, 2.24) is 5.32 Å². The van der Waals surface area contributed by atoms with E-state index in [4.69, 9.17) is 4.74 Å². The van der Waals surface area contributed by atoms with Crippen LogP contribution in [0.1, 0.15) is 25.7 Å². The number of benzene rings is 1. The average Bonchev–Trinajstić information content (AvgIpc) is 2.82. The van der Waals surface area contributed by atoms with Crippen LogP contribution in [0.25, 0.3) is 0 Å². The van der Waals surface area contributed by atoms with Gasteiger partial charge in [-0.15, -0.1) is 0 Å². The summed E-state index contributed by atoms with van der Waals surface area (Å²) in [4.78, 5) is 21.5. The molecule has 0 radical (unpaired) electrons. The minimum absolute atomic E-state index is 0.0291. The van der Waals surface area contributed by atoms with Gasteiger partial charge in [0.25, 0.3) is 5.69 Å². The van der Waals surface area contributed by atoms with Crippen molar-refractivity contribution in [2.75, 3.05) is 0 Å². The number of hydrogen-bond donors (Lipinski definition) is 1. The van der Waals surface area contributed by atoms with Crippen LogP contribution in [0, 0.1) is 10.1 Å². The molecular weight excluding hydrogens is 236 g/mol. The summed E-state index contributed by atoms with van der Waals surface area (Å²) in [6.07, 6.45) is 3.71. The molecule has 1 N–H and O–H groups in total. The number of amides is 1. The van der Waals surface area contributed by atoms with Crippen LogP contribution in [0.5, 0.6) is 5.75 Å². The highest BCUT2D eigenvalue weighted by atomic mass is 16.6. The molecule has 18 heavy (non-hydrogen) atoms. The van der Waals surface area contributed by atoms with Crippen molar-refractivity contribution in [3.05, 3.63) is 34.4 Å². The van der Waals surface area contributed by atoms with Crippen molar-refractivity contribution in [3.63, 3.8) is 0 Å². The second-order valence-electron chi connectivity index (χ2n) is 4.27. The summed E-state index contributed by atoms with van der Waals surface area (Å²) >= 11 is 0. The molecule has 1 aromatic rings. The predicted molar refractivity (Wildman–Crippen MR) is 64.5 cm³/mol. The van der Waals surface area contributed by atoms with E-state index in [0.29, 0.717) is 5.75 Å². The molecule has 96 valence electrons. The molecule has 0 aliphatic heterocycles. The molecule has 0 unspecified atom stereocenters. The van der Waals surface area contributed by atoms with Crippen LogP contribution >= 0.6 is 0 Å². The molecule has 1 aromatic carbocycles. The summed E-state index contributed by atoms with van der Waals surface area (Å²) in [6.45, 7) is 0. The lowest BCUT2D eigenvalue weighted by molar-refractivity contribution is -0.384. The zero-order valence-corrected chi connectivity index (χ0v) is 9.80. The third-order valence-electron chi connectivity index (χ3n) is 2.94. The van der Waals surface area contributed by atoms with Crippen LogP contribution in [-0.2, 0) is 0 Å². The molecular formula is C12H14N2O4. The minimum atomic E-state index is -0.504. The summed E-state index contributed by atoms with van der Waals surface area (Å²) in [5.41, 5.74) is -0.0291. The van der Waals surface area contributed by atoms with Gasteiger partial charge in [0.1, 0.15) is 5.75 Å². The van der Waals surface area contributed by atoms with Gasteiger partial charge in [0, 0.05) is 18.2 Å². The van der Waals surface area contributed by atoms with Crippen LogP contribution in [0.2, 0.25) is 0 Å². The number of non-ortho nitro benzene ring substituents is 1. The van der Waals surface area contributed by atoms with E-state index in [9.17, 15) is 14.9 Å². The monoisotopic (exact) mass is 250 g/mol. The number of nitro groups is 1. The van der Waals surface area contributed by atoms with Crippen LogP contribution in [-0.4, -0.2) is 17.1 Å². The fourth-order valence-corrected chi connectivity index (χ4v) is 2.01. The Morgan fingerprint density at radius 3 is 2.44 bits per heavy atom. The zero-order chi connectivity index (χ0) is 13.0. The molecule has 1 amide bonds. The van der Waals surface area contributed by atoms with Crippen molar-refractivity contribution >= 4 is 11.8 Å². The third-order valence-corrected chi connectivity index (χ3v) is 2.94. The molecule has 6 nitrogen and oxygen atoms in total. The molecule has 0 spiro atoms. The number of ether oxygens (including phenoxy) is 1. The van der Waals surface area contributed by atoms with Gasteiger partial charge in [-0.2, -0.15) is 0 Å². The van der Waals surface area contributed by atoms with Gasteiger partial charge in [-0.3, -0.25) is 10.1 Å². The quantitative estimate of drug-likeness (QED) is 0.660. The van der Waals surface area contributed by atoms with E-state index in [0.717, 1.165) is 25.7 Å². The van der Waals surface area contributed by atoms with Crippen LogP contribution < -0.4 is 10.1 Å². The van der Waals surface area contributed by atoms with Gasteiger partial charge in [-0.05, 0) is 25.0 Å². The van der Waals surface area contributed by atoms with E-state index in [1.807, 2.05) is 0 Å². The number of nitrogens with one attached hydrogen (secondary N) is 1. The SMILES string of the molecule is O=C(NC1CCCC1)Oc1ccc([N+](=O)[O-])cc1. The Morgan fingerprint density at radius 1 is 1.28 bits per heavy atom. The van der Waals surface area contributed by atoms with Gasteiger partial charge in [0.05, 0.1) is 4.92 Å². The number of nitrogens with zero attached hydrogens (tertiary/aromatic N) is 1. The molecule has 0 heterocycles. The van der Waals surface area contributed by atoms with Crippen molar-refractivity contribution in [2.45, 2.75) is 31.7 Å². The molecule has 1 saturated carbocycles. The van der Waals surface area contributed by atoms with E-state index < -0.39 is 11.0 Å². The Bertz CT molecular complexity index is 438. The summed E-state index contributed by atoms with van der Waals surface area (Å²) in [5.74, 6) is 0.302. The van der Waals surface area contributed by atoms with E-state index in [1.165, 1.54) is 24.3 Å². The Kier molecular flexibility index (Phi) is 3.76. The first-order valence-electron chi connectivity index (χ1n) is 5.88. The second-order valence-corrected chi connectivity index (χ2v) is 4.27. The van der Waals surface area contributed by atoms with E-state index in [-0.39, 0.29) is 11.7 Å². The van der Waals surface area contributed by atoms with Crippen molar-refractivity contribution in [1.29, 1.82) is 0 Å². The Balaban J connectivity index is 1.88. The van der Waals surface area contributed by atoms with Crippen LogP contribution in [0.15, 0.2) is 24.3 Å². The number of rotatable bonds is 3. The maximum atomic E-state index is 11.5. The summed E-state index contributed by atoms with van der Waals surface area (Å²) in [5, 5.41) is 13.2. The summed E-state index contributed by atoms with van der Waals surface area (Å²) < 4.78 is 5.04. The third kappa shape index (κ3) is 3.19. The van der Waals surface area contributed by atoms with Crippen LogP contribution in [0.3, 0.4) is 0 Å². The van der Waals surface area contributed by atoms with Gasteiger partial charge >= 0.3 is 6.09 Å². The fourth-order valence-electron chi connectivity index (χ4n) is 2.01. The maximum absolute atomic E-state index is 11.5. The molecule has 0 atom stereocenters. The van der Waals surface area contributed by atoms with Crippen LogP contribution in [0.4, 0.5) is 10.5 Å². The smallest absolute Gasteiger partial charge is 0.410 e. The largest absolute Gasteiger partial charge is 0.412 e. The first-order chi connectivity index (χ1) is 8.65. The van der Waals surface area contributed by atoms with Gasteiger partial charge in [-0.1, -0.05) is 12.8 Å². The molecule has 6 heteroatoms. The highest BCUT2D eigenvalue weighted by Crippen LogP contribution is 2.19. The predicted octanol–water partition coefficient (Wildman–Crippen LogP) is 2.63. The fraction of sp³-hybridized carbons (Fsp3) is 0.417.